The van der Waals surface area contributed by atoms with Crippen molar-refractivity contribution in [1.82, 2.24) is 24.1 Å². The molecule has 1 aliphatic rings. The first kappa shape index (κ1) is 20.3. The normalized spacial score (nSPS) is 17.7. The van der Waals surface area contributed by atoms with Crippen LogP contribution in [0.15, 0.2) is 36.9 Å². The van der Waals surface area contributed by atoms with E-state index in [1.807, 2.05) is 62.9 Å². The van der Waals surface area contributed by atoms with E-state index in [2.05, 4.69) is 10.1 Å². The first-order valence-electron chi connectivity index (χ1n) is 10.4. The van der Waals surface area contributed by atoms with Gasteiger partial charge in [0.05, 0.1) is 6.20 Å². The molecule has 0 N–H and O–H groups in total. The lowest BCUT2D eigenvalue weighted by Gasteiger charge is -2.26. The predicted octanol–water partition coefficient (Wildman–Crippen LogP) is 3.90. The fourth-order valence-electron chi connectivity index (χ4n) is 3.68. The molecule has 8 heteroatoms. The molecular weight excluding hydrogens is 382 g/mol. The topological polar surface area (TPSA) is 73.9 Å². The number of hydrogen-bond donors (Lipinski definition) is 0. The Kier molecular flexibility index (Phi) is 5.40. The number of aryl methyl sites for hydroxylation is 1. The van der Waals surface area contributed by atoms with Crippen LogP contribution >= 0.6 is 0 Å². The summed E-state index contributed by atoms with van der Waals surface area (Å²) >= 11 is 0. The van der Waals surface area contributed by atoms with Crippen LogP contribution in [0.25, 0.3) is 16.8 Å². The zero-order valence-corrected chi connectivity index (χ0v) is 18.0. The molecule has 0 saturated carbocycles. The van der Waals surface area contributed by atoms with E-state index < -0.39 is 5.60 Å². The average molecular weight is 412 g/mol. The third kappa shape index (κ3) is 4.58. The number of hydrogen-bond acceptors (Lipinski definition) is 5. The summed E-state index contributed by atoms with van der Waals surface area (Å²) in [6.07, 6.45) is 9.77. The number of likely N-dealkylation sites (tertiary alicyclic amines) is 1. The minimum absolute atomic E-state index is 0.0205. The van der Waals surface area contributed by atoms with Crippen molar-refractivity contribution in [3.05, 3.63) is 36.9 Å². The molecule has 160 valence electrons. The summed E-state index contributed by atoms with van der Waals surface area (Å²) in [6, 6.07) is 4.06. The molecule has 1 atom stereocenters. The maximum Gasteiger partial charge on any atom is 0.410 e. The van der Waals surface area contributed by atoms with Gasteiger partial charge in [-0.3, -0.25) is 9.08 Å². The number of amides is 1. The Labute approximate surface area is 176 Å². The number of carbonyl (C=O) groups is 1. The third-order valence-corrected chi connectivity index (χ3v) is 5.12. The van der Waals surface area contributed by atoms with Gasteiger partial charge in [0.15, 0.2) is 5.88 Å². The molecule has 8 nitrogen and oxygen atoms in total. The molecule has 1 aliphatic heterocycles. The maximum absolute atomic E-state index is 12.4. The Morgan fingerprint density at radius 3 is 2.73 bits per heavy atom. The van der Waals surface area contributed by atoms with Crippen LogP contribution in [0.1, 0.15) is 40.0 Å². The Balaban J connectivity index is 1.50. The first-order chi connectivity index (χ1) is 14.3. The Morgan fingerprint density at radius 1 is 1.17 bits per heavy atom. The maximum atomic E-state index is 12.4. The molecule has 30 heavy (non-hydrogen) atoms. The second kappa shape index (κ2) is 8.01. The average Bonchev–Trinajstić information content (AvgIpc) is 3.25. The second-order valence-corrected chi connectivity index (χ2v) is 8.78. The van der Waals surface area contributed by atoms with E-state index in [0.29, 0.717) is 13.1 Å². The van der Waals surface area contributed by atoms with E-state index in [0.717, 1.165) is 41.9 Å². The smallest absolute Gasteiger partial charge is 0.410 e. The molecule has 1 saturated heterocycles. The highest BCUT2D eigenvalue weighted by Crippen LogP contribution is 2.28. The first-order valence-corrected chi connectivity index (χ1v) is 10.4. The summed E-state index contributed by atoms with van der Waals surface area (Å²) in [7, 11) is 1.90. The highest BCUT2D eigenvalue weighted by molar-refractivity contribution is 5.68. The predicted molar refractivity (Wildman–Crippen MR) is 113 cm³/mol. The zero-order valence-electron chi connectivity index (χ0n) is 18.0. The molecule has 3 aromatic rings. The molecule has 0 radical (unpaired) electrons. The van der Waals surface area contributed by atoms with Gasteiger partial charge < -0.3 is 14.4 Å². The van der Waals surface area contributed by atoms with E-state index in [9.17, 15) is 4.79 Å². The van der Waals surface area contributed by atoms with E-state index >= 15 is 0 Å². The lowest BCUT2D eigenvalue weighted by Crippen LogP contribution is -2.37. The van der Waals surface area contributed by atoms with E-state index in [1.54, 1.807) is 15.8 Å². The summed E-state index contributed by atoms with van der Waals surface area (Å²) < 4.78 is 15.7. The SMILES string of the molecule is Cn1cc(-c2cc(O[C@@H]3CCCN(C(=O)OC(C)(C)C)CC3)n3ccnc3c2)cn1. The summed E-state index contributed by atoms with van der Waals surface area (Å²) in [4.78, 5) is 18.6. The van der Waals surface area contributed by atoms with Gasteiger partial charge in [0, 0.05) is 56.8 Å². The van der Waals surface area contributed by atoms with E-state index in [-0.39, 0.29) is 12.2 Å². The van der Waals surface area contributed by atoms with Crippen molar-refractivity contribution in [1.29, 1.82) is 0 Å². The Morgan fingerprint density at radius 2 is 2.00 bits per heavy atom. The number of fused-ring (bicyclic) bond motifs is 1. The number of ether oxygens (including phenoxy) is 2. The number of pyridine rings is 1. The molecule has 0 spiro atoms. The monoisotopic (exact) mass is 411 g/mol. The van der Waals surface area contributed by atoms with Crippen molar-refractivity contribution < 1.29 is 14.3 Å². The van der Waals surface area contributed by atoms with Crippen molar-refractivity contribution in [3.63, 3.8) is 0 Å². The van der Waals surface area contributed by atoms with Gasteiger partial charge in [-0.05, 0) is 45.2 Å². The van der Waals surface area contributed by atoms with Crippen LogP contribution in [0.4, 0.5) is 4.79 Å². The standard InChI is InChI=1S/C22H29N5O3/c1-22(2,3)30-21(28)26-9-5-6-18(7-10-26)29-20-13-16(17-14-24-25(4)15-17)12-19-23-8-11-27(19)20/h8,11-15,18H,5-7,9-10H2,1-4H3/t18-/m1/s1. The number of nitrogens with zero attached hydrogens (tertiary/aromatic N) is 5. The molecule has 0 bridgehead atoms. The van der Waals surface area contributed by atoms with Gasteiger partial charge >= 0.3 is 6.09 Å². The second-order valence-electron chi connectivity index (χ2n) is 8.78. The lowest BCUT2D eigenvalue weighted by molar-refractivity contribution is 0.0252. The van der Waals surface area contributed by atoms with Crippen molar-refractivity contribution >= 4 is 11.7 Å². The summed E-state index contributed by atoms with van der Waals surface area (Å²) in [5.41, 5.74) is 2.37. The van der Waals surface area contributed by atoms with Crippen molar-refractivity contribution in [3.8, 4) is 17.0 Å². The molecule has 1 amide bonds. The minimum Gasteiger partial charge on any atom is -0.475 e. The molecule has 4 rings (SSSR count). The molecule has 3 aromatic heterocycles. The van der Waals surface area contributed by atoms with Gasteiger partial charge in [-0.25, -0.2) is 9.78 Å². The van der Waals surface area contributed by atoms with Gasteiger partial charge in [-0.1, -0.05) is 0 Å². The van der Waals surface area contributed by atoms with Gasteiger partial charge in [0.1, 0.15) is 17.4 Å². The van der Waals surface area contributed by atoms with E-state index in [4.69, 9.17) is 9.47 Å². The van der Waals surface area contributed by atoms with Crippen molar-refractivity contribution in [2.24, 2.45) is 7.05 Å². The van der Waals surface area contributed by atoms with Crippen LogP contribution < -0.4 is 4.74 Å². The van der Waals surface area contributed by atoms with Crippen molar-refractivity contribution in [2.45, 2.75) is 51.7 Å². The number of carbonyl (C=O) groups excluding carboxylic acids is 1. The molecule has 0 unspecified atom stereocenters. The van der Waals surface area contributed by atoms with Crippen LogP contribution in [-0.4, -0.2) is 55.0 Å². The highest BCUT2D eigenvalue weighted by atomic mass is 16.6. The molecule has 0 aliphatic carbocycles. The number of rotatable bonds is 3. The number of aromatic nitrogens is 4. The largest absolute Gasteiger partial charge is 0.475 e. The van der Waals surface area contributed by atoms with Crippen LogP contribution in [0.5, 0.6) is 5.88 Å². The van der Waals surface area contributed by atoms with Gasteiger partial charge in [0.25, 0.3) is 0 Å². The van der Waals surface area contributed by atoms with Crippen LogP contribution in [-0.2, 0) is 11.8 Å². The van der Waals surface area contributed by atoms with Crippen LogP contribution in [0.3, 0.4) is 0 Å². The fourth-order valence-corrected chi connectivity index (χ4v) is 3.68. The Hall–Kier alpha value is -3.03. The quantitative estimate of drug-likeness (QED) is 0.653. The summed E-state index contributed by atoms with van der Waals surface area (Å²) in [5, 5.41) is 4.27. The Bertz CT molecular complexity index is 1030. The molecule has 1 fully saturated rings. The molecular formula is C22H29N5O3. The summed E-state index contributed by atoms with van der Waals surface area (Å²) in [6.45, 7) is 6.97. The van der Waals surface area contributed by atoms with Gasteiger partial charge in [0.2, 0.25) is 0 Å². The third-order valence-electron chi connectivity index (χ3n) is 5.12. The van der Waals surface area contributed by atoms with Gasteiger partial charge in [-0.2, -0.15) is 5.10 Å². The summed E-state index contributed by atoms with van der Waals surface area (Å²) in [5.74, 6) is 0.750. The van der Waals surface area contributed by atoms with E-state index in [1.165, 1.54) is 0 Å². The zero-order chi connectivity index (χ0) is 21.3. The van der Waals surface area contributed by atoms with Crippen LogP contribution in [0.2, 0.25) is 0 Å². The van der Waals surface area contributed by atoms with Gasteiger partial charge in [-0.15, -0.1) is 0 Å². The molecule has 4 heterocycles. The van der Waals surface area contributed by atoms with Crippen molar-refractivity contribution in [2.75, 3.05) is 13.1 Å². The fraction of sp³-hybridized carbons (Fsp3) is 0.500. The van der Waals surface area contributed by atoms with Crippen LogP contribution in [0, 0.1) is 0 Å². The lowest BCUT2D eigenvalue weighted by atomic mass is 10.1. The number of imidazole rings is 1. The highest BCUT2D eigenvalue weighted by Gasteiger charge is 2.26. The minimum atomic E-state index is -0.487. The molecule has 0 aromatic carbocycles.